The van der Waals surface area contributed by atoms with Gasteiger partial charge in [-0.1, -0.05) is 15.9 Å². The first-order chi connectivity index (χ1) is 8.76. The van der Waals surface area contributed by atoms with Gasteiger partial charge in [0.2, 0.25) is 0 Å². The van der Waals surface area contributed by atoms with Crippen molar-refractivity contribution in [2.75, 3.05) is 18.0 Å². The van der Waals surface area contributed by atoms with Crippen LogP contribution in [0.15, 0.2) is 22.7 Å². The summed E-state index contributed by atoms with van der Waals surface area (Å²) >= 11 is 3.54. The molecule has 0 aromatic heterocycles. The second kappa shape index (κ2) is 5.22. The molecule has 2 saturated carbocycles. The fourth-order valence-corrected chi connectivity index (χ4v) is 2.93. The van der Waals surface area contributed by atoms with Crippen molar-refractivity contribution in [3.8, 4) is 0 Å². The van der Waals surface area contributed by atoms with Crippen molar-refractivity contribution >= 4 is 21.6 Å². The summed E-state index contributed by atoms with van der Waals surface area (Å²) in [6, 6.07) is 6.54. The number of nitrogens with zero attached hydrogens (tertiary/aromatic N) is 1. The summed E-state index contributed by atoms with van der Waals surface area (Å²) in [6.07, 6.45) is 5.65. The second-order valence-corrected chi connectivity index (χ2v) is 6.68. The SMILES string of the molecule is NCc1cc(Br)ccc1N(CC1CC1)CC1CC1. The van der Waals surface area contributed by atoms with Crippen LogP contribution < -0.4 is 10.6 Å². The van der Waals surface area contributed by atoms with Gasteiger partial charge in [-0.25, -0.2) is 0 Å². The lowest BCUT2D eigenvalue weighted by Gasteiger charge is -2.27. The zero-order chi connectivity index (χ0) is 12.5. The number of benzene rings is 1. The fraction of sp³-hybridized carbons (Fsp3) is 0.600. The molecule has 1 aromatic rings. The number of nitrogens with two attached hydrogens (primary N) is 1. The van der Waals surface area contributed by atoms with E-state index in [4.69, 9.17) is 5.73 Å². The number of halogens is 1. The molecule has 3 rings (SSSR count). The lowest BCUT2D eigenvalue weighted by molar-refractivity contribution is 0.676. The molecule has 0 aliphatic heterocycles. The Morgan fingerprint density at radius 3 is 2.22 bits per heavy atom. The predicted octanol–water partition coefficient (Wildman–Crippen LogP) is 3.53. The molecule has 3 heteroatoms. The van der Waals surface area contributed by atoms with Crippen molar-refractivity contribution in [2.45, 2.75) is 32.2 Å². The molecule has 2 nitrogen and oxygen atoms in total. The van der Waals surface area contributed by atoms with Crippen molar-refractivity contribution in [3.63, 3.8) is 0 Å². The van der Waals surface area contributed by atoms with Crippen LogP contribution in [0.3, 0.4) is 0 Å². The van der Waals surface area contributed by atoms with E-state index in [0.717, 1.165) is 16.3 Å². The van der Waals surface area contributed by atoms with Crippen LogP contribution in [0, 0.1) is 11.8 Å². The van der Waals surface area contributed by atoms with E-state index < -0.39 is 0 Å². The Labute approximate surface area is 118 Å². The summed E-state index contributed by atoms with van der Waals surface area (Å²) in [5.41, 5.74) is 8.53. The van der Waals surface area contributed by atoms with Crippen LogP contribution in [0.4, 0.5) is 5.69 Å². The molecule has 2 N–H and O–H groups in total. The van der Waals surface area contributed by atoms with Crippen LogP contribution >= 0.6 is 15.9 Å². The van der Waals surface area contributed by atoms with Crippen molar-refractivity contribution < 1.29 is 0 Å². The Balaban J connectivity index is 1.81. The van der Waals surface area contributed by atoms with E-state index in [1.54, 1.807) is 0 Å². The molecule has 0 radical (unpaired) electrons. The molecule has 0 bridgehead atoms. The smallest absolute Gasteiger partial charge is 0.0412 e. The molecule has 0 amide bonds. The molecule has 0 heterocycles. The fourth-order valence-electron chi connectivity index (χ4n) is 2.52. The van der Waals surface area contributed by atoms with Gasteiger partial charge < -0.3 is 10.6 Å². The van der Waals surface area contributed by atoms with Gasteiger partial charge in [0, 0.05) is 29.8 Å². The van der Waals surface area contributed by atoms with Crippen molar-refractivity contribution in [1.82, 2.24) is 0 Å². The van der Waals surface area contributed by atoms with E-state index in [9.17, 15) is 0 Å². The molecule has 2 fully saturated rings. The molecular formula is C15H21BrN2. The maximum absolute atomic E-state index is 5.90. The lowest BCUT2D eigenvalue weighted by atomic mass is 10.1. The monoisotopic (exact) mass is 308 g/mol. The van der Waals surface area contributed by atoms with Gasteiger partial charge in [0.25, 0.3) is 0 Å². The van der Waals surface area contributed by atoms with Crippen molar-refractivity contribution in [1.29, 1.82) is 0 Å². The zero-order valence-electron chi connectivity index (χ0n) is 10.7. The molecule has 2 aliphatic carbocycles. The molecule has 2 aliphatic rings. The number of hydrogen-bond donors (Lipinski definition) is 1. The van der Waals surface area contributed by atoms with E-state index in [-0.39, 0.29) is 0 Å². The highest BCUT2D eigenvalue weighted by atomic mass is 79.9. The molecule has 0 atom stereocenters. The molecular weight excluding hydrogens is 288 g/mol. The molecule has 18 heavy (non-hydrogen) atoms. The molecule has 0 spiro atoms. The highest BCUT2D eigenvalue weighted by Crippen LogP contribution is 2.37. The van der Waals surface area contributed by atoms with Gasteiger partial charge in [-0.15, -0.1) is 0 Å². The first-order valence-electron chi connectivity index (χ1n) is 6.99. The standard InChI is InChI=1S/C15H21BrN2/c16-14-5-6-15(13(7-14)8-17)18(9-11-1-2-11)10-12-3-4-12/h5-7,11-12H,1-4,8-10,17H2. The Kier molecular flexibility index (Phi) is 3.62. The molecule has 0 saturated heterocycles. The second-order valence-electron chi connectivity index (χ2n) is 5.77. The van der Waals surface area contributed by atoms with Crippen molar-refractivity contribution in [3.05, 3.63) is 28.2 Å². The van der Waals surface area contributed by atoms with E-state index in [1.807, 2.05) is 0 Å². The van der Waals surface area contributed by atoms with E-state index >= 15 is 0 Å². The highest BCUT2D eigenvalue weighted by molar-refractivity contribution is 9.10. The largest absolute Gasteiger partial charge is 0.371 e. The molecule has 0 unspecified atom stereocenters. The minimum Gasteiger partial charge on any atom is -0.371 e. The van der Waals surface area contributed by atoms with Gasteiger partial charge in [0.05, 0.1) is 0 Å². The van der Waals surface area contributed by atoms with Gasteiger partial charge in [-0.05, 0) is 61.3 Å². The average Bonchev–Trinajstić information content (AvgIpc) is 3.23. The average molecular weight is 309 g/mol. The van der Waals surface area contributed by atoms with Crippen LogP contribution in [0.5, 0.6) is 0 Å². The maximum atomic E-state index is 5.90. The lowest BCUT2D eigenvalue weighted by Crippen LogP contribution is -2.29. The minimum absolute atomic E-state index is 0.626. The summed E-state index contributed by atoms with van der Waals surface area (Å²) in [4.78, 5) is 2.59. The summed E-state index contributed by atoms with van der Waals surface area (Å²) in [7, 11) is 0. The van der Waals surface area contributed by atoms with Gasteiger partial charge >= 0.3 is 0 Å². The Morgan fingerprint density at radius 1 is 1.11 bits per heavy atom. The highest BCUT2D eigenvalue weighted by Gasteiger charge is 2.29. The summed E-state index contributed by atoms with van der Waals surface area (Å²) < 4.78 is 1.13. The maximum Gasteiger partial charge on any atom is 0.0412 e. The first kappa shape index (κ1) is 12.5. The number of rotatable bonds is 6. The van der Waals surface area contributed by atoms with Gasteiger partial charge in [0.15, 0.2) is 0 Å². The Bertz CT molecular complexity index is 411. The summed E-state index contributed by atoms with van der Waals surface area (Å²) in [6.45, 7) is 3.08. The van der Waals surface area contributed by atoms with Gasteiger partial charge in [-0.2, -0.15) is 0 Å². The quantitative estimate of drug-likeness (QED) is 0.871. The normalized spacial score (nSPS) is 19.0. The summed E-state index contributed by atoms with van der Waals surface area (Å²) in [5, 5.41) is 0. The van der Waals surface area contributed by atoms with E-state index in [1.165, 1.54) is 50.0 Å². The molecule has 1 aromatic carbocycles. The summed E-state index contributed by atoms with van der Waals surface area (Å²) in [5.74, 6) is 1.86. The van der Waals surface area contributed by atoms with Crippen LogP contribution in [-0.2, 0) is 6.54 Å². The van der Waals surface area contributed by atoms with Crippen LogP contribution in [0.2, 0.25) is 0 Å². The van der Waals surface area contributed by atoms with Gasteiger partial charge in [0.1, 0.15) is 0 Å². The predicted molar refractivity (Wildman–Crippen MR) is 79.7 cm³/mol. The minimum atomic E-state index is 0.626. The first-order valence-corrected chi connectivity index (χ1v) is 7.79. The zero-order valence-corrected chi connectivity index (χ0v) is 12.3. The van der Waals surface area contributed by atoms with E-state index in [0.29, 0.717) is 6.54 Å². The Hall–Kier alpha value is -0.540. The van der Waals surface area contributed by atoms with E-state index in [2.05, 4.69) is 39.0 Å². The topological polar surface area (TPSA) is 29.3 Å². The third-order valence-corrected chi connectivity index (χ3v) is 4.45. The Morgan fingerprint density at radius 2 is 1.72 bits per heavy atom. The molecule has 98 valence electrons. The number of hydrogen-bond acceptors (Lipinski definition) is 2. The van der Waals surface area contributed by atoms with Crippen LogP contribution in [-0.4, -0.2) is 13.1 Å². The third-order valence-electron chi connectivity index (χ3n) is 3.95. The van der Waals surface area contributed by atoms with Gasteiger partial charge in [-0.3, -0.25) is 0 Å². The number of anilines is 1. The third kappa shape index (κ3) is 3.07. The van der Waals surface area contributed by atoms with Crippen molar-refractivity contribution in [2.24, 2.45) is 17.6 Å². The van der Waals surface area contributed by atoms with Crippen LogP contribution in [0.1, 0.15) is 31.2 Å². The van der Waals surface area contributed by atoms with Crippen LogP contribution in [0.25, 0.3) is 0 Å².